The van der Waals surface area contributed by atoms with Gasteiger partial charge < -0.3 is 14.0 Å². The van der Waals surface area contributed by atoms with Gasteiger partial charge in [0.2, 0.25) is 5.75 Å². The van der Waals surface area contributed by atoms with Crippen LogP contribution in [0.3, 0.4) is 0 Å². The third-order valence-corrected chi connectivity index (χ3v) is 3.61. The molecule has 0 aliphatic carbocycles. The number of aromatic nitrogens is 1. The fourth-order valence-electron chi connectivity index (χ4n) is 2.43. The summed E-state index contributed by atoms with van der Waals surface area (Å²) in [5.41, 5.74) is 1.07. The Morgan fingerprint density at radius 1 is 1.33 bits per heavy atom. The summed E-state index contributed by atoms with van der Waals surface area (Å²) in [5.74, 6) is 0.398. The van der Waals surface area contributed by atoms with Crippen LogP contribution in [0.2, 0.25) is 0 Å². The number of fused-ring (bicyclic) bond motifs is 1. The third kappa shape index (κ3) is 3.24. The number of nitro groups is 1. The van der Waals surface area contributed by atoms with Crippen molar-refractivity contribution in [1.29, 1.82) is 0 Å². The van der Waals surface area contributed by atoms with E-state index in [4.69, 9.17) is 9.47 Å². The molecule has 7 nitrogen and oxygen atoms in total. The van der Waals surface area contributed by atoms with E-state index in [-0.39, 0.29) is 23.6 Å². The van der Waals surface area contributed by atoms with Crippen molar-refractivity contribution in [2.75, 3.05) is 13.7 Å². The molecule has 0 fully saturated rings. The highest BCUT2D eigenvalue weighted by atomic mass is 16.6. The summed E-state index contributed by atoms with van der Waals surface area (Å²) in [7, 11) is 1.40. The summed E-state index contributed by atoms with van der Waals surface area (Å²) >= 11 is 0. The van der Waals surface area contributed by atoms with Gasteiger partial charge in [0.25, 0.3) is 11.2 Å². The number of pyridine rings is 1. The number of nitrogens with zero attached hydrogens (tertiary/aromatic N) is 2. The number of rotatable bonds is 6. The molecule has 0 radical (unpaired) electrons. The van der Waals surface area contributed by atoms with Crippen LogP contribution in [0.25, 0.3) is 10.9 Å². The number of ether oxygens (including phenoxy) is 2. The van der Waals surface area contributed by atoms with Gasteiger partial charge in [-0.2, -0.15) is 0 Å². The molecular weight excluding hydrogens is 312 g/mol. The second-order valence-electron chi connectivity index (χ2n) is 5.46. The number of benzene rings is 1. The van der Waals surface area contributed by atoms with Crippen molar-refractivity contribution < 1.29 is 14.4 Å². The molecule has 0 saturated heterocycles. The molecule has 1 heterocycles. The van der Waals surface area contributed by atoms with E-state index in [0.717, 1.165) is 5.57 Å². The summed E-state index contributed by atoms with van der Waals surface area (Å²) in [6, 6.07) is 4.35. The molecule has 0 spiro atoms. The Balaban J connectivity index is 2.76. The first-order valence-corrected chi connectivity index (χ1v) is 7.55. The van der Waals surface area contributed by atoms with E-state index in [2.05, 4.69) is 0 Å². The van der Waals surface area contributed by atoms with E-state index in [1.54, 1.807) is 13.0 Å². The minimum atomic E-state index is -0.488. The topological polar surface area (TPSA) is 83.6 Å². The molecule has 0 bridgehead atoms. The van der Waals surface area contributed by atoms with Gasteiger partial charge in [-0.25, -0.2) is 0 Å². The fourth-order valence-corrected chi connectivity index (χ4v) is 2.43. The number of hydrogen-bond acceptors (Lipinski definition) is 5. The third-order valence-electron chi connectivity index (χ3n) is 3.61. The molecule has 0 unspecified atom stereocenters. The lowest BCUT2D eigenvalue weighted by Crippen LogP contribution is -2.22. The molecule has 128 valence electrons. The average Bonchev–Trinajstić information content (AvgIpc) is 2.54. The maximum atomic E-state index is 12.6. The van der Waals surface area contributed by atoms with Crippen LogP contribution in [0.4, 0.5) is 5.69 Å². The van der Waals surface area contributed by atoms with Gasteiger partial charge in [-0.1, -0.05) is 5.57 Å². The molecule has 2 aromatic rings. The van der Waals surface area contributed by atoms with Crippen LogP contribution in [-0.2, 0) is 6.54 Å². The lowest BCUT2D eigenvalue weighted by Gasteiger charge is -2.16. The predicted octanol–water partition coefficient (Wildman–Crippen LogP) is 3.28. The van der Waals surface area contributed by atoms with Crippen LogP contribution in [0.1, 0.15) is 20.8 Å². The lowest BCUT2D eigenvalue weighted by molar-refractivity contribution is -0.384. The van der Waals surface area contributed by atoms with E-state index in [1.807, 2.05) is 19.9 Å². The van der Waals surface area contributed by atoms with E-state index in [0.29, 0.717) is 23.2 Å². The maximum absolute atomic E-state index is 12.6. The quantitative estimate of drug-likeness (QED) is 0.460. The fraction of sp³-hybridized carbons (Fsp3) is 0.353. The van der Waals surface area contributed by atoms with Crippen LogP contribution >= 0.6 is 0 Å². The maximum Gasteiger partial charge on any atom is 0.297 e. The SMILES string of the molecule is CCn1c(=O)c(OC)c(OCC=C(C)C)c2ccc([N+](=O)[O-])cc21. The van der Waals surface area contributed by atoms with Crippen molar-refractivity contribution in [2.24, 2.45) is 0 Å². The summed E-state index contributed by atoms with van der Waals surface area (Å²) in [6.07, 6.45) is 1.88. The Bertz CT molecular complexity index is 863. The molecule has 0 aliphatic heterocycles. The Morgan fingerprint density at radius 3 is 2.58 bits per heavy atom. The van der Waals surface area contributed by atoms with Gasteiger partial charge in [-0.15, -0.1) is 0 Å². The molecule has 1 aromatic heterocycles. The van der Waals surface area contributed by atoms with E-state index >= 15 is 0 Å². The van der Waals surface area contributed by atoms with Crippen LogP contribution in [0, 0.1) is 10.1 Å². The van der Waals surface area contributed by atoms with Crippen molar-refractivity contribution in [3.05, 3.63) is 50.3 Å². The Hall–Kier alpha value is -2.83. The molecule has 0 saturated carbocycles. The van der Waals surface area contributed by atoms with Gasteiger partial charge in [0.15, 0.2) is 5.75 Å². The van der Waals surface area contributed by atoms with Gasteiger partial charge >= 0.3 is 0 Å². The number of allylic oxidation sites excluding steroid dienone is 1. The van der Waals surface area contributed by atoms with Crippen molar-refractivity contribution in [1.82, 2.24) is 4.57 Å². The van der Waals surface area contributed by atoms with Gasteiger partial charge in [0.1, 0.15) is 6.61 Å². The molecule has 0 N–H and O–H groups in total. The first kappa shape index (κ1) is 17.5. The minimum Gasteiger partial charge on any atom is -0.488 e. The average molecular weight is 332 g/mol. The van der Waals surface area contributed by atoms with E-state index < -0.39 is 4.92 Å². The van der Waals surface area contributed by atoms with Crippen LogP contribution in [-0.4, -0.2) is 23.2 Å². The highest BCUT2D eigenvalue weighted by Crippen LogP contribution is 2.34. The largest absolute Gasteiger partial charge is 0.488 e. The molecule has 1 aromatic carbocycles. The van der Waals surface area contributed by atoms with Gasteiger partial charge in [0.05, 0.1) is 17.5 Å². The van der Waals surface area contributed by atoms with Crippen LogP contribution in [0.5, 0.6) is 11.5 Å². The van der Waals surface area contributed by atoms with Gasteiger partial charge in [0, 0.05) is 24.1 Å². The summed E-state index contributed by atoms with van der Waals surface area (Å²) < 4.78 is 12.4. The molecule has 0 atom stereocenters. The Labute approximate surface area is 139 Å². The Morgan fingerprint density at radius 2 is 2.04 bits per heavy atom. The zero-order valence-corrected chi connectivity index (χ0v) is 14.2. The molecule has 0 aliphatic rings. The number of aryl methyl sites for hydroxylation is 1. The van der Waals surface area contributed by atoms with Gasteiger partial charge in [-0.05, 0) is 32.9 Å². The number of hydrogen-bond donors (Lipinski definition) is 0. The predicted molar refractivity (Wildman–Crippen MR) is 92.0 cm³/mol. The zero-order chi connectivity index (χ0) is 17.9. The van der Waals surface area contributed by atoms with E-state index in [9.17, 15) is 14.9 Å². The second kappa shape index (κ2) is 7.16. The standard InChI is InChI=1S/C17H20N2O5/c1-5-18-14-10-12(19(21)22)6-7-13(14)15(16(23-4)17(18)20)24-9-8-11(2)3/h6-8,10H,5,9H2,1-4H3. The molecule has 0 amide bonds. The van der Waals surface area contributed by atoms with E-state index in [1.165, 1.54) is 23.8 Å². The van der Waals surface area contributed by atoms with Crippen LogP contribution < -0.4 is 15.0 Å². The van der Waals surface area contributed by atoms with Crippen molar-refractivity contribution in [3.8, 4) is 11.5 Å². The first-order chi connectivity index (χ1) is 11.4. The van der Waals surface area contributed by atoms with Crippen molar-refractivity contribution in [2.45, 2.75) is 27.3 Å². The number of nitro benzene ring substituents is 1. The summed E-state index contributed by atoms with van der Waals surface area (Å²) in [5, 5.41) is 11.6. The minimum absolute atomic E-state index is 0.0792. The molecular formula is C17H20N2O5. The molecule has 24 heavy (non-hydrogen) atoms. The molecule has 2 rings (SSSR count). The van der Waals surface area contributed by atoms with Gasteiger partial charge in [-0.3, -0.25) is 14.9 Å². The second-order valence-corrected chi connectivity index (χ2v) is 5.46. The van der Waals surface area contributed by atoms with Crippen molar-refractivity contribution >= 4 is 16.6 Å². The summed E-state index contributed by atoms with van der Waals surface area (Å²) in [4.78, 5) is 23.2. The van der Waals surface area contributed by atoms with Crippen molar-refractivity contribution in [3.63, 3.8) is 0 Å². The highest BCUT2D eigenvalue weighted by Gasteiger charge is 2.20. The monoisotopic (exact) mass is 332 g/mol. The smallest absolute Gasteiger partial charge is 0.297 e. The number of methoxy groups -OCH3 is 1. The van der Waals surface area contributed by atoms with Crippen LogP contribution in [0.15, 0.2) is 34.6 Å². The number of non-ortho nitro benzene ring substituents is 1. The normalized spacial score (nSPS) is 10.5. The highest BCUT2D eigenvalue weighted by molar-refractivity contribution is 5.89. The first-order valence-electron chi connectivity index (χ1n) is 7.55. The summed E-state index contributed by atoms with van der Waals surface area (Å²) in [6.45, 7) is 6.32. The Kier molecular flexibility index (Phi) is 5.23. The zero-order valence-electron chi connectivity index (χ0n) is 14.2. The molecule has 7 heteroatoms. The lowest BCUT2D eigenvalue weighted by atomic mass is 10.1.